The molecule has 0 spiro atoms. The van der Waals surface area contributed by atoms with E-state index in [9.17, 15) is 0 Å². The van der Waals surface area contributed by atoms with Crippen molar-refractivity contribution in [1.82, 2.24) is 15.1 Å². The van der Waals surface area contributed by atoms with Crippen molar-refractivity contribution in [3.8, 4) is 0 Å². The van der Waals surface area contributed by atoms with E-state index in [0.717, 1.165) is 19.0 Å². The molecule has 2 fully saturated rings. The van der Waals surface area contributed by atoms with E-state index in [4.69, 9.17) is 4.74 Å². The second-order valence-corrected chi connectivity index (χ2v) is 7.49. The van der Waals surface area contributed by atoms with Crippen LogP contribution in [0.1, 0.15) is 39.5 Å². The van der Waals surface area contributed by atoms with E-state index in [1.54, 1.807) is 0 Å². The van der Waals surface area contributed by atoms with Crippen molar-refractivity contribution in [2.24, 2.45) is 5.92 Å². The highest BCUT2D eigenvalue weighted by atomic mass is 16.5. The fourth-order valence-corrected chi connectivity index (χ4v) is 3.54. The first-order valence-electron chi connectivity index (χ1n) is 8.79. The summed E-state index contributed by atoms with van der Waals surface area (Å²) in [5, 5.41) is 3.49. The first-order chi connectivity index (χ1) is 10.0. The van der Waals surface area contributed by atoms with Crippen LogP contribution in [0.2, 0.25) is 0 Å². The highest BCUT2D eigenvalue weighted by molar-refractivity contribution is 4.79. The minimum Gasteiger partial charge on any atom is -0.372 e. The molecule has 0 bridgehead atoms. The van der Waals surface area contributed by atoms with Gasteiger partial charge >= 0.3 is 0 Å². The Morgan fingerprint density at radius 3 is 2.43 bits per heavy atom. The van der Waals surface area contributed by atoms with E-state index in [1.807, 2.05) is 0 Å². The van der Waals surface area contributed by atoms with Gasteiger partial charge in [0.05, 0.1) is 12.2 Å². The van der Waals surface area contributed by atoms with Gasteiger partial charge in [0.25, 0.3) is 0 Å². The first-order valence-corrected chi connectivity index (χ1v) is 8.79. The Kier molecular flexibility index (Phi) is 6.93. The molecule has 2 atom stereocenters. The van der Waals surface area contributed by atoms with Gasteiger partial charge in [-0.2, -0.15) is 0 Å². The van der Waals surface area contributed by atoms with Gasteiger partial charge in [-0.25, -0.2) is 0 Å². The molecule has 2 unspecified atom stereocenters. The number of likely N-dealkylation sites (N-methyl/N-ethyl adjacent to an activating group) is 1. The van der Waals surface area contributed by atoms with Gasteiger partial charge < -0.3 is 19.9 Å². The highest BCUT2D eigenvalue weighted by Gasteiger charge is 2.27. The number of nitrogens with zero attached hydrogens (tertiary/aromatic N) is 2. The van der Waals surface area contributed by atoms with E-state index in [0.29, 0.717) is 18.2 Å². The lowest BCUT2D eigenvalue weighted by molar-refractivity contribution is 0.0231. The molecule has 2 saturated heterocycles. The number of hydrogen-bond acceptors (Lipinski definition) is 4. The maximum Gasteiger partial charge on any atom is 0.0707 e. The number of nitrogens with one attached hydrogen (secondary N) is 1. The molecule has 0 saturated carbocycles. The van der Waals surface area contributed by atoms with Gasteiger partial charge in [-0.05, 0) is 58.8 Å². The van der Waals surface area contributed by atoms with Crippen molar-refractivity contribution < 1.29 is 4.74 Å². The Hall–Kier alpha value is -0.160. The molecular weight excluding hydrogens is 262 g/mol. The lowest BCUT2D eigenvalue weighted by Crippen LogP contribution is -2.38. The number of piperidine rings is 1. The molecule has 0 amide bonds. The molecule has 1 N–H and O–H groups in total. The van der Waals surface area contributed by atoms with E-state index in [1.165, 1.54) is 45.3 Å². The van der Waals surface area contributed by atoms with Crippen molar-refractivity contribution >= 4 is 0 Å². The summed E-state index contributed by atoms with van der Waals surface area (Å²) in [6, 6.07) is 0.555. The second kappa shape index (κ2) is 8.47. The maximum atomic E-state index is 6.18. The Balaban J connectivity index is 1.61. The lowest BCUT2D eigenvalue weighted by Gasteiger charge is -2.32. The molecule has 0 radical (unpaired) electrons. The SMILES string of the molecule is CC(C)NCC1CCC(CN(C)CC2CCN(C)CC2)O1. The zero-order chi connectivity index (χ0) is 15.2. The van der Waals surface area contributed by atoms with Gasteiger partial charge in [0, 0.05) is 25.7 Å². The summed E-state index contributed by atoms with van der Waals surface area (Å²) in [5.74, 6) is 0.881. The summed E-state index contributed by atoms with van der Waals surface area (Å²) >= 11 is 0. The molecular formula is C17H35N3O. The molecule has 4 heteroatoms. The Morgan fingerprint density at radius 1 is 1.10 bits per heavy atom. The van der Waals surface area contributed by atoms with Crippen LogP contribution < -0.4 is 5.32 Å². The van der Waals surface area contributed by atoms with Gasteiger partial charge in [-0.1, -0.05) is 13.8 Å². The van der Waals surface area contributed by atoms with Crippen LogP contribution in [-0.4, -0.2) is 74.9 Å². The zero-order valence-electron chi connectivity index (χ0n) is 14.5. The van der Waals surface area contributed by atoms with E-state index in [2.05, 4.69) is 43.1 Å². The summed E-state index contributed by atoms with van der Waals surface area (Å²) in [4.78, 5) is 4.95. The zero-order valence-corrected chi connectivity index (χ0v) is 14.5. The largest absolute Gasteiger partial charge is 0.372 e. The predicted octanol–water partition coefficient (Wildman–Crippen LogP) is 1.81. The molecule has 2 heterocycles. The minimum absolute atomic E-state index is 0.425. The van der Waals surface area contributed by atoms with Crippen LogP contribution in [0, 0.1) is 5.92 Å². The Bertz CT molecular complexity index is 290. The standard InChI is InChI=1S/C17H35N3O/c1-14(2)18-11-16-5-6-17(21-16)13-20(4)12-15-7-9-19(3)10-8-15/h14-18H,5-13H2,1-4H3. The molecule has 4 nitrogen and oxygen atoms in total. The quantitative estimate of drug-likeness (QED) is 0.775. The van der Waals surface area contributed by atoms with E-state index >= 15 is 0 Å². The maximum absolute atomic E-state index is 6.18. The van der Waals surface area contributed by atoms with Crippen LogP contribution in [-0.2, 0) is 4.74 Å². The summed E-state index contributed by atoms with van der Waals surface area (Å²) in [5.41, 5.74) is 0. The summed E-state index contributed by atoms with van der Waals surface area (Å²) in [7, 11) is 4.50. The van der Waals surface area contributed by atoms with Crippen LogP contribution in [0.25, 0.3) is 0 Å². The van der Waals surface area contributed by atoms with Gasteiger partial charge in [-0.3, -0.25) is 0 Å². The van der Waals surface area contributed by atoms with Crippen molar-refractivity contribution in [1.29, 1.82) is 0 Å². The highest BCUT2D eigenvalue weighted by Crippen LogP contribution is 2.22. The number of ether oxygens (including phenoxy) is 1. The van der Waals surface area contributed by atoms with Gasteiger partial charge in [0.1, 0.15) is 0 Å². The molecule has 21 heavy (non-hydrogen) atoms. The van der Waals surface area contributed by atoms with Crippen LogP contribution in [0.4, 0.5) is 0 Å². The van der Waals surface area contributed by atoms with Gasteiger partial charge in [0.15, 0.2) is 0 Å². The summed E-state index contributed by atoms with van der Waals surface area (Å²) < 4.78 is 6.18. The third-order valence-electron chi connectivity index (χ3n) is 4.87. The molecule has 124 valence electrons. The molecule has 0 aromatic heterocycles. The third kappa shape index (κ3) is 6.23. The molecule has 0 aliphatic carbocycles. The van der Waals surface area contributed by atoms with E-state index < -0.39 is 0 Å². The lowest BCUT2D eigenvalue weighted by atomic mass is 9.96. The first kappa shape index (κ1) is 17.2. The number of hydrogen-bond donors (Lipinski definition) is 1. The van der Waals surface area contributed by atoms with Crippen molar-refractivity contribution in [2.75, 3.05) is 46.8 Å². The average Bonchev–Trinajstić information content (AvgIpc) is 2.86. The third-order valence-corrected chi connectivity index (χ3v) is 4.87. The monoisotopic (exact) mass is 297 g/mol. The van der Waals surface area contributed by atoms with E-state index in [-0.39, 0.29) is 0 Å². The molecule has 2 rings (SSSR count). The second-order valence-electron chi connectivity index (χ2n) is 7.49. The van der Waals surface area contributed by atoms with Crippen LogP contribution in [0.5, 0.6) is 0 Å². The fraction of sp³-hybridized carbons (Fsp3) is 1.00. The molecule has 0 aromatic rings. The van der Waals surface area contributed by atoms with Crippen LogP contribution in [0.3, 0.4) is 0 Å². The average molecular weight is 297 g/mol. The molecule has 0 aromatic carbocycles. The number of rotatable bonds is 7. The van der Waals surface area contributed by atoms with Gasteiger partial charge in [-0.15, -0.1) is 0 Å². The van der Waals surface area contributed by atoms with Crippen molar-refractivity contribution in [3.05, 3.63) is 0 Å². The topological polar surface area (TPSA) is 27.7 Å². The number of likely N-dealkylation sites (tertiary alicyclic amines) is 1. The Morgan fingerprint density at radius 2 is 1.76 bits per heavy atom. The van der Waals surface area contributed by atoms with Gasteiger partial charge in [0.2, 0.25) is 0 Å². The smallest absolute Gasteiger partial charge is 0.0707 e. The van der Waals surface area contributed by atoms with Crippen LogP contribution >= 0.6 is 0 Å². The van der Waals surface area contributed by atoms with Crippen LogP contribution in [0.15, 0.2) is 0 Å². The fourth-order valence-electron chi connectivity index (χ4n) is 3.54. The summed E-state index contributed by atoms with van der Waals surface area (Å²) in [6.07, 6.45) is 6.02. The minimum atomic E-state index is 0.425. The predicted molar refractivity (Wildman–Crippen MR) is 88.8 cm³/mol. The molecule has 2 aliphatic rings. The molecule has 2 aliphatic heterocycles. The van der Waals surface area contributed by atoms with Crippen molar-refractivity contribution in [3.63, 3.8) is 0 Å². The normalized spacial score (nSPS) is 28.9. The Labute approximate surface area is 131 Å². The summed E-state index contributed by atoms with van der Waals surface area (Å²) in [6.45, 7) is 10.3. The van der Waals surface area contributed by atoms with Crippen molar-refractivity contribution in [2.45, 2.75) is 57.8 Å².